The minimum atomic E-state index is -3.53. The molecule has 6 nitrogen and oxygen atoms in total. The Balaban J connectivity index is 0.00000576. The first kappa shape index (κ1) is 23.9. The molecule has 0 fully saturated rings. The number of nitrogens with one attached hydrogen (secondary N) is 1. The van der Waals surface area contributed by atoms with E-state index in [1.165, 1.54) is 0 Å². The molecule has 8 heteroatoms. The topological polar surface area (TPSA) is 92.5 Å². The molecule has 144 valence electrons. The van der Waals surface area contributed by atoms with Gasteiger partial charge in [-0.2, -0.15) is 0 Å². The third kappa shape index (κ3) is 9.21. The van der Waals surface area contributed by atoms with Gasteiger partial charge in [-0.1, -0.05) is 30.5 Å². The first-order valence-corrected chi connectivity index (χ1v) is 9.85. The molecule has 3 N–H and O–H groups in total. The lowest BCUT2D eigenvalue weighted by Crippen LogP contribution is -2.36. The van der Waals surface area contributed by atoms with Crippen molar-refractivity contribution in [1.82, 2.24) is 9.62 Å². The Kier molecular flexibility index (Phi) is 11.7. The van der Waals surface area contributed by atoms with E-state index in [0.717, 1.165) is 31.2 Å². The number of carbonyl (C=O) groups is 1. The number of amides is 1. The summed E-state index contributed by atoms with van der Waals surface area (Å²) in [6.45, 7) is 3.15. The van der Waals surface area contributed by atoms with Crippen LogP contribution < -0.4 is 10.5 Å². The first-order chi connectivity index (χ1) is 11.4. The van der Waals surface area contributed by atoms with Gasteiger partial charge in [0.2, 0.25) is 15.9 Å². The maximum Gasteiger partial charge on any atom is 0.240 e. The lowest BCUT2D eigenvalue weighted by atomic mass is 10.1. The summed E-state index contributed by atoms with van der Waals surface area (Å²) in [5, 5.41) is 0. The monoisotopic (exact) mass is 391 g/mol. The number of halogens is 1. The zero-order chi connectivity index (χ0) is 18.0. The van der Waals surface area contributed by atoms with Gasteiger partial charge in [0.1, 0.15) is 0 Å². The van der Waals surface area contributed by atoms with E-state index < -0.39 is 10.0 Å². The molecule has 1 aromatic rings. The summed E-state index contributed by atoms with van der Waals surface area (Å²) in [6.07, 6.45) is 4.37. The first-order valence-electron chi connectivity index (χ1n) is 8.37. The van der Waals surface area contributed by atoms with Crippen molar-refractivity contribution in [2.45, 2.75) is 43.9 Å². The van der Waals surface area contributed by atoms with Crippen LogP contribution in [-0.2, 0) is 14.8 Å². The van der Waals surface area contributed by atoms with E-state index in [1.54, 1.807) is 36.2 Å². The molecular weight excluding hydrogens is 362 g/mol. The van der Waals surface area contributed by atoms with Gasteiger partial charge in [0.25, 0.3) is 0 Å². The maximum atomic E-state index is 12.1. The predicted molar refractivity (Wildman–Crippen MR) is 103 cm³/mol. The lowest BCUT2D eigenvalue weighted by Gasteiger charge is -2.17. The predicted octanol–water partition coefficient (Wildman–Crippen LogP) is 2.06. The normalized spacial score (nSPS) is 11.0. The fourth-order valence-electron chi connectivity index (χ4n) is 2.24. The van der Waals surface area contributed by atoms with Gasteiger partial charge in [-0.25, -0.2) is 13.1 Å². The third-order valence-electron chi connectivity index (χ3n) is 3.84. The number of nitrogens with zero attached hydrogens (tertiary/aromatic N) is 1. The van der Waals surface area contributed by atoms with Crippen molar-refractivity contribution in [1.29, 1.82) is 0 Å². The highest BCUT2D eigenvalue weighted by Crippen LogP contribution is 2.09. The van der Waals surface area contributed by atoms with E-state index in [2.05, 4.69) is 4.72 Å². The standard InChI is InChI=1S/C17H29N3O3S.ClH/c1-15-8-10-16(11-9-15)24(22,23)19-13-14-20(2)17(21)7-5-3-4-6-12-18;/h8-11,19H,3-7,12-14,18H2,1-2H3;1H. The number of aryl methyl sites for hydroxylation is 1. The molecule has 0 bridgehead atoms. The quantitative estimate of drug-likeness (QED) is 0.564. The molecule has 0 aromatic heterocycles. The summed E-state index contributed by atoms with van der Waals surface area (Å²) in [5.41, 5.74) is 6.43. The van der Waals surface area contributed by atoms with Crippen molar-refractivity contribution < 1.29 is 13.2 Å². The largest absolute Gasteiger partial charge is 0.344 e. The summed E-state index contributed by atoms with van der Waals surface area (Å²) in [7, 11) is -1.83. The van der Waals surface area contributed by atoms with Crippen molar-refractivity contribution in [3.63, 3.8) is 0 Å². The molecule has 1 rings (SSSR count). The molecule has 0 aliphatic rings. The van der Waals surface area contributed by atoms with E-state index in [9.17, 15) is 13.2 Å². The summed E-state index contributed by atoms with van der Waals surface area (Å²) in [6, 6.07) is 6.67. The van der Waals surface area contributed by atoms with E-state index in [-0.39, 0.29) is 29.8 Å². The SMILES string of the molecule is Cc1ccc(S(=O)(=O)NCCN(C)C(=O)CCCCCCN)cc1.Cl. The Labute approximate surface area is 157 Å². The van der Waals surface area contributed by atoms with Crippen LogP contribution in [0.25, 0.3) is 0 Å². The van der Waals surface area contributed by atoms with Crippen molar-refractivity contribution in [2.24, 2.45) is 5.73 Å². The third-order valence-corrected chi connectivity index (χ3v) is 5.32. The van der Waals surface area contributed by atoms with Gasteiger partial charge in [0, 0.05) is 26.6 Å². The number of hydrogen-bond acceptors (Lipinski definition) is 4. The molecule has 1 aromatic carbocycles. The number of sulfonamides is 1. The van der Waals surface area contributed by atoms with Crippen LogP contribution in [0.15, 0.2) is 29.2 Å². The van der Waals surface area contributed by atoms with Crippen LogP contribution in [0.5, 0.6) is 0 Å². The second kappa shape index (κ2) is 12.2. The van der Waals surface area contributed by atoms with Gasteiger partial charge in [0.15, 0.2) is 0 Å². The molecule has 0 unspecified atom stereocenters. The summed E-state index contributed by atoms with van der Waals surface area (Å²) < 4.78 is 26.8. The average Bonchev–Trinajstić information content (AvgIpc) is 2.54. The van der Waals surface area contributed by atoms with Crippen molar-refractivity contribution in [3.05, 3.63) is 29.8 Å². The van der Waals surface area contributed by atoms with Crippen molar-refractivity contribution in [2.75, 3.05) is 26.7 Å². The fourth-order valence-corrected chi connectivity index (χ4v) is 3.26. The number of benzene rings is 1. The molecule has 0 atom stereocenters. The van der Waals surface area contributed by atoms with E-state index in [1.807, 2.05) is 6.92 Å². The molecule has 0 heterocycles. The summed E-state index contributed by atoms with van der Waals surface area (Å²) in [4.78, 5) is 13.8. The zero-order valence-corrected chi connectivity index (χ0v) is 16.7. The highest BCUT2D eigenvalue weighted by molar-refractivity contribution is 7.89. The number of rotatable bonds is 11. The van der Waals surface area contributed by atoms with Crippen molar-refractivity contribution in [3.8, 4) is 0 Å². The molecule has 0 aliphatic carbocycles. The maximum absolute atomic E-state index is 12.1. The number of nitrogens with two attached hydrogens (primary N) is 1. The zero-order valence-electron chi connectivity index (χ0n) is 15.0. The van der Waals surface area contributed by atoms with Gasteiger partial charge in [-0.3, -0.25) is 4.79 Å². The molecule has 1 amide bonds. The highest BCUT2D eigenvalue weighted by atomic mass is 35.5. The molecule has 25 heavy (non-hydrogen) atoms. The van der Waals surface area contributed by atoms with Crippen LogP contribution in [0, 0.1) is 6.92 Å². The van der Waals surface area contributed by atoms with Gasteiger partial charge in [-0.05, 0) is 38.4 Å². The minimum Gasteiger partial charge on any atom is -0.344 e. The molecule has 0 saturated carbocycles. The lowest BCUT2D eigenvalue weighted by molar-refractivity contribution is -0.129. The smallest absolute Gasteiger partial charge is 0.240 e. The molecular formula is C17H30ClN3O3S. The van der Waals surface area contributed by atoms with Gasteiger partial charge in [0.05, 0.1) is 4.90 Å². The summed E-state index contributed by atoms with van der Waals surface area (Å²) >= 11 is 0. The minimum absolute atomic E-state index is 0. The highest BCUT2D eigenvalue weighted by Gasteiger charge is 2.14. The van der Waals surface area contributed by atoms with E-state index >= 15 is 0 Å². The van der Waals surface area contributed by atoms with Crippen LogP contribution in [0.2, 0.25) is 0 Å². The average molecular weight is 392 g/mol. The summed E-state index contributed by atoms with van der Waals surface area (Å²) in [5.74, 6) is 0.0392. The van der Waals surface area contributed by atoms with Gasteiger partial charge in [-0.15, -0.1) is 12.4 Å². The number of unbranched alkanes of at least 4 members (excludes halogenated alkanes) is 3. The van der Waals surface area contributed by atoms with Gasteiger partial charge < -0.3 is 10.6 Å². The second-order valence-corrected chi connectivity index (χ2v) is 7.75. The van der Waals surface area contributed by atoms with Crippen LogP contribution in [-0.4, -0.2) is 45.9 Å². The number of hydrogen-bond donors (Lipinski definition) is 2. The molecule has 0 radical (unpaired) electrons. The molecule has 0 aliphatic heterocycles. The van der Waals surface area contributed by atoms with Crippen LogP contribution in [0.1, 0.15) is 37.7 Å². The number of likely N-dealkylation sites (N-methyl/N-ethyl adjacent to an activating group) is 1. The Hall–Kier alpha value is -1.15. The molecule has 0 saturated heterocycles. The Morgan fingerprint density at radius 3 is 2.32 bits per heavy atom. The second-order valence-electron chi connectivity index (χ2n) is 5.98. The van der Waals surface area contributed by atoms with E-state index in [0.29, 0.717) is 19.5 Å². The van der Waals surface area contributed by atoms with Gasteiger partial charge >= 0.3 is 0 Å². The number of carbonyl (C=O) groups excluding carboxylic acids is 1. The Morgan fingerprint density at radius 2 is 1.72 bits per heavy atom. The van der Waals surface area contributed by atoms with Crippen LogP contribution in [0.3, 0.4) is 0 Å². The van der Waals surface area contributed by atoms with E-state index in [4.69, 9.17) is 5.73 Å². The molecule has 0 spiro atoms. The van der Waals surface area contributed by atoms with Crippen molar-refractivity contribution >= 4 is 28.3 Å². The fraction of sp³-hybridized carbons (Fsp3) is 0.588. The van der Waals surface area contributed by atoms with Crippen LogP contribution >= 0.6 is 12.4 Å². The Bertz CT molecular complexity index is 606. The van der Waals surface area contributed by atoms with Crippen LogP contribution in [0.4, 0.5) is 0 Å². The Morgan fingerprint density at radius 1 is 1.12 bits per heavy atom.